The second kappa shape index (κ2) is 6.72. The summed E-state index contributed by atoms with van der Waals surface area (Å²) >= 11 is 0. The third-order valence-corrected chi connectivity index (χ3v) is 4.98. The summed E-state index contributed by atoms with van der Waals surface area (Å²) in [4.78, 5) is 12.2. The molecule has 0 radical (unpaired) electrons. The molecule has 2 aromatic carbocycles. The van der Waals surface area contributed by atoms with Gasteiger partial charge in [-0.3, -0.25) is 4.79 Å². The molecule has 0 aliphatic rings. The second-order valence-corrected chi connectivity index (χ2v) is 7.14. The number of amides is 1. The Balaban J connectivity index is 2.14. The number of rotatable bonds is 5. The molecule has 6 heteroatoms. The van der Waals surface area contributed by atoms with Crippen LogP contribution in [-0.2, 0) is 16.6 Å². The molecular weight excluding hydrogens is 300 g/mol. The van der Waals surface area contributed by atoms with Crippen molar-refractivity contribution in [2.24, 2.45) is 0 Å². The Labute approximate surface area is 130 Å². The van der Waals surface area contributed by atoms with Gasteiger partial charge >= 0.3 is 0 Å². The fraction of sp³-hybridized carbons (Fsp3) is 0.188. The molecule has 22 heavy (non-hydrogen) atoms. The number of benzene rings is 2. The van der Waals surface area contributed by atoms with Crippen LogP contribution in [0.3, 0.4) is 0 Å². The van der Waals surface area contributed by atoms with E-state index in [1.165, 1.54) is 26.2 Å². The Morgan fingerprint density at radius 3 is 2.36 bits per heavy atom. The lowest BCUT2D eigenvalue weighted by Crippen LogP contribution is -2.25. The monoisotopic (exact) mass is 318 g/mol. The average molecular weight is 318 g/mol. The van der Waals surface area contributed by atoms with Gasteiger partial charge in [0.15, 0.2) is 0 Å². The largest absolute Gasteiger partial charge is 0.348 e. The first-order valence-electron chi connectivity index (χ1n) is 6.76. The molecule has 1 amide bonds. The van der Waals surface area contributed by atoms with Gasteiger partial charge in [-0.25, -0.2) is 12.7 Å². The van der Waals surface area contributed by atoms with E-state index in [-0.39, 0.29) is 10.8 Å². The van der Waals surface area contributed by atoms with Gasteiger partial charge in [0.2, 0.25) is 10.0 Å². The molecule has 1 N–H and O–H groups in total. The van der Waals surface area contributed by atoms with E-state index in [0.29, 0.717) is 12.1 Å². The normalized spacial score (nSPS) is 11.4. The summed E-state index contributed by atoms with van der Waals surface area (Å²) < 4.78 is 25.3. The highest BCUT2D eigenvalue weighted by Crippen LogP contribution is 2.15. The topological polar surface area (TPSA) is 66.5 Å². The van der Waals surface area contributed by atoms with Gasteiger partial charge in [0, 0.05) is 26.2 Å². The van der Waals surface area contributed by atoms with E-state index in [9.17, 15) is 13.2 Å². The maximum atomic E-state index is 12.1. The summed E-state index contributed by atoms with van der Waals surface area (Å²) in [5, 5.41) is 2.78. The summed E-state index contributed by atoms with van der Waals surface area (Å²) in [7, 11) is -0.635. The van der Waals surface area contributed by atoms with E-state index in [2.05, 4.69) is 5.32 Å². The SMILES string of the molecule is CN(C)S(=O)(=O)c1cccc(C(=O)NCc2ccccc2)c1. The van der Waals surface area contributed by atoms with E-state index in [4.69, 9.17) is 0 Å². The van der Waals surface area contributed by atoms with E-state index < -0.39 is 10.0 Å². The van der Waals surface area contributed by atoms with Crippen LogP contribution in [0, 0.1) is 0 Å². The minimum atomic E-state index is -3.55. The Hall–Kier alpha value is -2.18. The Morgan fingerprint density at radius 2 is 1.73 bits per heavy atom. The molecule has 116 valence electrons. The summed E-state index contributed by atoms with van der Waals surface area (Å²) in [5.41, 5.74) is 1.30. The molecule has 0 saturated heterocycles. The van der Waals surface area contributed by atoms with Crippen molar-refractivity contribution in [3.8, 4) is 0 Å². The van der Waals surface area contributed by atoms with Crippen LogP contribution < -0.4 is 5.32 Å². The van der Waals surface area contributed by atoms with Gasteiger partial charge in [0.05, 0.1) is 4.90 Å². The molecule has 0 aromatic heterocycles. The number of hydrogen-bond acceptors (Lipinski definition) is 3. The van der Waals surface area contributed by atoms with Crippen LogP contribution in [0.2, 0.25) is 0 Å². The van der Waals surface area contributed by atoms with E-state index in [0.717, 1.165) is 9.87 Å². The number of sulfonamides is 1. The van der Waals surface area contributed by atoms with Crippen molar-refractivity contribution in [2.45, 2.75) is 11.4 Å². The van der Waals surface area contributed by atoms with Crippen LogP contribution in [0.5, 0.6) is 0 Å². The van der Waals surface area contributed by atoms with Crippen LogP contribution in [0.15, 0.2) is 59.5 Å². The number of hydrogen-bond donors (Lipinski definition) is 1. The number of nitrogens with one attached hydrogen (secondary N) is 1. The van der Waals surface area contributed by atoms with Crippen LogP contribution in [0.25, 0.3) is 0 Å². The highest BCUT2D eigenvalue weighted by atomic mass is 32.2. The molecule has 0 heterocycles. The first-order chi connectivity index (χ1) is 10.4. The lowest BCUT2D eigenvalue weighted by Gasteiger charge is -2.12. The summed E-state index contributed by atoms with van der Waals surface area (Å²) in [6.45, 7) is 0.393. The molecule has 5 nitrogen and oxygen atoms in total. The summed E-state index contributed by atoms with van der Waals surface area (Å²) in [5.74, 6) is -0.306. The number of carbonyl (C=O) groups is 1. The first-order valence-corrected chi connectivity index (χ1v) is 8.20. The van der Waals surface area contributed by atoms with Gasteiger partial charge in [-0.2, -0.15) is 0 Å². The molecule has 0 saturated carbocycles. The van der Waals surface area contributed by atoms with Crippen LogP contribution in [0.4, 0.5) is 0 Å². The zero-order valence-corrected chi connectivity index (χ0v) is 13.3. The molecule has 0 aliphatic carbocycles. The van der Waals surface area contributed by atoms with Crippen molar-refractivity contribution < 1.29 is 13.2 Å². The van der Waals surface area contributed by atoms with Gasteiger partial charge in [-0.15, -0.1) is 0 Å². The Kier molecular flexibility index (Phi) is 4.95. The van der Waals surface area contributed by atoms with Gasteiger partial charge < -0.3 is 5.32 Å². The van der Waals surface area contributed by atoms with Crippen LogP contribution >= 0.6 is 0 Å². The highest BCUT2D eigenvalue weighted by molar-refractivity contribution is 7.89. The summed E-state index contributed by atoms with van der Waals surface area (Å²) in [6, 6.07) is 15.5. The molecule has 0 atom stereocenters. The fourth-order valence-electron chi connectivity index (χ4n) is 1.89. The predicted octanol–water partition coefficient (Wildman–Crippen LogP) is 1.87. The zero-order valence-electron chi connectivity index (χ0n) is 12.5. The highest BCUT2D eigenvalue weighted by Gasteiger charge is 2.18. The zero-order chi connectivity index (χ0) is 16.2. The minimum Gasteiger partial charge on any atom is -0.348 e. The Bertz CT molecular complexity index is 756. The predicted molar refractivity (Wildman–Crippen MR) is 84.9 cm³/mol. The fourth-order valence-corrected chi connectivity index (χ4v) is 2.84. The molecule has 0 aliphatic heterocycles. The number of nitrogens with zero attached hydrogens (tertiary/aromatic N) is 1. The smallest absolute Gasteiger partial charge is 0.251 e. The molecule has 0 fully saturated rings. The van der Waals surface area contributed by atoms with Gasteiger partial charge in [0.25, 0.3) is 5.91 Å². The van der Waals surface area contributed by atoms with Crippen molar-refractivity contribution >= 4 is 15.9 Å². The van der Waals surface area contributed by atoms with Crippen molar-refractivity contribution in [2.75, 3.05) is 14.1 Å². The second-order valence-electron chi connectivity index (χ2n) is 4.98. The van der Waals surface area contributed by atoms with E-state index >= 15 is 0 Å². The molecule has 0 bridgehead atoms. The quantitative estimate of drug-likeness (QED) is 0.915. The maximum absolute atomic E-state index is 12.1. The summed E-state index contributed by atoms with van der Waals surface area (Å²) in [6.07, 6.45) is 0. The van der Waals surface area contributed by atoms with Gasteiger partial charge in [-0.05, 0) is 23.8 Å². The van der Waals surface area contributed by atoms with Crippen molar-refractivity contribution in [3.63, 3.8) is 0 Å². The molecule has 2 rings (SSSR count). The molecule has 0 spiro atoms. The first kappa shape index (κ1) is 16.2. The third kappa shape index (κ3) is 3.72. The standard InChI is InChI=1S/C16H18N2O3S/c1-18(2)22(20,21)15-10-6-9-14(11-15)16(19)17-12-13-7-4-3-5-8-13/h3-11H,12H2,1-2H3,(H,17,19). The number of carbonyl (C=O) groups excluding carboxylic acids is 1. The van der Waals surface area contributed by atoms with Crippen LogP contribution in [0.1, 0.15) is 15.9 Å². The molecular formula is C16H18N2O3S. The van der Waals surface area contributed by atoms with Gasteiger partial charge in [-0.1, -0.05) is 36.4 Å². The van der Waals surface area contributed by atoms with Crippen molar-refractivity contribution in [1.82, 2.24) is 9.62 Å². The van der Waals surface area contributed by atoms with Crippen molar-refractivity contribution in [1.29, 1.82) is 0 Å². The van der Waals surface area contributed by atoms with Crippen molar-refractivity contribution in [3.05, 3.63) is 65.7 Å². The lowest BCUT2D eigenvalue weighted by atomic mass is 10.2. The van der Waals surface area contributed by atoms with Gasteiger partial charge in [0.1, 0.15) is 0 Å². The minimum absolute atomic E-state index is 0.102. The Morgan fingerprint density at radius 1 is 1.05 bits per heavy atom. The third-order valence-electron chi connectivity index (χ3n) is 3.17. The lowest BCUT2D eigenvalue weighted by molar-refractivity contribution is 0.0950. The van der Waals surface area contributed by atoms with Crippen LogP contribution in [-0.4, -0.2) is 32.7 Å². The molecule has 2 aromatic rings. The molecule has 0 unspecified atom stereocenters. The van der Waals surface area contributed by atoms with E-state index in [1.54, 1.807) is 12.1 Å². The average Bonchev–Trinajstić information content (AvgIpc) is 2.53. The maximum Gasteiger partial charge on any atom is 0.251 e. The van der Waals surface area contributed by atoms with E-state index in [1.807, 2.05) is 30.3 Å².